The third kappa shape index (κ3) is 2.27. The van der Waals surface area contributed by atoms with E-state index in [4.69, 9.17) is 11.6 Å². The molecule has 0 atom stereocenters. The molecule has 2 heterocycles. The number of benzene rings is 1. The molecular weight excluding hydrogens is 317 g/mol. The van der Waals surface area contributed by atoms with Gasteiger partial charge in [-0.2, -0.15) is 4.98 Å². The summed E-state index contributed by atoms with van der Waals surface area (Å²) in [4.78, 5) is 16.3. The van der Waals surface area contributed by atoms with Crippen molar-refractivity contribution in [1.82, 2.24) is 19.9 Å². The first-order valence-corrected chi connectivity index (χ1v) is 6.58. The molecule has 1 aromatic carbocycles. The van der Waals surface area contributed by atoms with Crippen LogP contribution in [0, 0.1) is 31.3 Å². The van der Waals surface area contributed by atoms with Crippen molar-refractivity contribution in [2.45, 2.75) is 13.8 Å². The van der Waals surface area contributed by atoms with Crippen LogP contribution in [0.4, 0.5) is 13.2 Å². The minimum absolute atomic E-state index is 0.0398. The summed E-state index contributed by atoms with van der Waals surface area (Å²) in [5.41, 5.74) is 1.23. The first-order chi connectivity index (χ1) is 10.4. The largest absolute Gasteiger partial charge is 0.246 e. The van der Waals surface area contributed by atoms with Crippen molar-refractivity contribution in [3.63, 3.8) is 0 Å². The van der Waals surface area contributed by atoms with E-state index < -0.39 is 17.5 Å². The predicted octanol–water partition coefficient (Wildman–Crippen LogP) is 3.77. The number of hydrogen-bond acceptors (Lipinski definition) is 4. The van der Waals surface area contributed by atoms with Crippen molar-refractivity contribution in [2.75, 3.05) is 0 Å². The maximum atomic E-state index is 14.0. The maximum Gasteiger partial charge on any atom is 0.225 e. The Morgan fingerprint density at radius 1 is 0.864 bits per heavy atom. The molecule has 0 saturated carbocycles. The van der Waals surface area contributed by atoms with E-state index in [-0.39, 0.29) is 27.7 Å². The molecule has 0 unspecified atom stereocenters. The molecule has 3 rings (SSSR count). The molecule has 8 heteroatoms. The summed E-state index contributed by atoms with van der Waals surface area (Å²) in [6.45, 7) is 3.44. The van der Waals surface area contributed by atoms with E-state index in [1.807, 2.05) is 0 Å². The van der Waals surface area contributed by atoms with Gasteiger partial charge >= 0.3 is 0 Å². The summed E-state index contributed by atoms with van der Waals surface area (Å²) in [6, 6.07) is 1.88. The molecule has 0 amide bonds. The van der Waals surface area contributed by atoms with Gasteiger partial charge < -0.3 is 0 Å². The number of fused-ring (bicyclic) bond motifs is 1. The Morgan fingerprint density at radius 2 is 1.55 bits per heavy atom. The van der Waals surface area contributed by atoms with Crippen LogP contribution in [0.5, 0.6) is 0 Å². The Hall–Kier alpha value is -2.28. The quantitative estimate of drug-likeness (QED) is 0.505. The fraction of sp³-hybridized carbons (Fsp3) is 0.143. The second-order valence-electron chi connectivity index (χ2n) is 4.63. The van der Waals surface area contributed by atoms with Crippen molar-refractivity contribution in [3.8, 4) is 11.3 Å². The van der Waals surface area contributed by atoms with Crippen molar-refractivity contribution >= 4 is 22.8 Å². The number of nitrogens with zero attached hydrogens (tertiary/aromatic N) is 4. The molecule has 4 nitrogen and oxygen atoms in total. The first-order valence-electron chi connectivity index (χ1n) is 6.21. The number of aryl methyl sites for hydroxylation is 2. The third-order valence-electron chi connectivity index (χ3n) is 3.21. The summed E-state index contributed by atoms with van der Waals surface area (Å²) >= 11 is 5.81. The summed E-state index contributed by atoms with van der Waals surface area (Å²) in [5.74, 6) is -4.24. The molecule has 0 bridgehead atoms. The first kappa shape index (κ1) is 14.6. The average molecular weight is 325 g/mol. The number of aromatic nitrogens is 4. The minimum Gasteiger partial charge on any atom is -0.246 e. The molecule has 0 N–H and O–H groups in total. The van der Waals surface area contributed by atoms with E-state index >= 15 is 0 Å². The lowest BCUT2D eigenvalue weighted by Gasteiger charge is -2.09. The van der Waals surface area contributed by atoms with Gasteiger partial charge in [0.2, 0.25) is 5.28 Å². The monoisotopic (exact) mass is 324 g/mol. The highest BCUT2D eigenvalue weighted by molar-refractivity contribution is 6.28. The van der Waals surface area contributed by atoms with E-state index in [0.29, 0.717) is 11.4 Å². The Bertz CT molecular complexity index is 914. The standard InChI is InChI=1S/C14H8ClF3N4/c1-5-6(2)20-13-12(19-5)11(21-14(15)22-13)7-3-4-8(16)10(18)9(7)17/h3-4H,1-2H3. The zero-order chi connectivity index (χ0) is 16.0. The lowest BCUT2D eigenvalue weighted by atomic mass is 10.1. The highest BCUT2D eigenvalue weighted by Gasteiger charge is 2.20. The van der Waals surface area contributed by atoms with Gasteiger partial charge in [-0.15, -0.1) is 0 Å². The highest BCUT2D eigenvalue weighted by Crippen LogP contribution is 2.29. The van der Waals surface area contributed by atoms with Gasteiger partial charge in [0.05, 0.1) is 11.4 Å². The van der Waals surface area contributed by atoms with Crippen LogP contribution in [-0.2, 0) is 0 Å². The van der Waals surface area contributed by atoms with Crippen LogP contribution < -0.4 is 0 Å². The van der Waals surface area contributed by atoms with Gasteiger partial charge in [0, 0.05) is 5.56 Å². The molecule has 0 fully saturated rings. The summed E-state index contributed by atoms with van der Waals surface area (Å²) in [5, 5.41) is -0.191. The van der Waals surface area contributed by atoms with Crippen LogP contribution in [0.1, 0.15) is 11.4 Å². The normalized spacial score (nSPS) is 11.2. The number of halogens is 4. The molecule has 0 radical (unpaired) electrons. The summed E-state index contributed by atoms with van der Waals surface area (Å²) in [7, 11) is 0. The molecule has 3 aromatic rings. The smallest absolute Gasteiger partial charge is 0.225 e. The Morgan fingerprint density at radius 3 is 2.27 bits per heavy atom. The van der Waals surface area contributed by atoms with Crippen molar-refractivity contribution in [1.29, 1.82) is 0 Å². The molecule has 0 saturated heterocycles. The van der Waals surface area contributed by atoms with Crippen LogP contribution in [-0.4, -0.2) is 19.9 Å². The summed E-state index contributed by atoms with van der Waals surface area (Å²) < 4.78 is 40.6. The van der Waals surface area contributed by atoms with Gasteiger partial charge in [-0.1, -0.05) is 0 Å². The molecule has 22 heavy (non-hydrogen) atoms. The molecule has 112 valence electrons. The second-order valence-corrected chi connectivity index (χ2v) is 4.97. The average Bonchev–Trinajstić information content (AvgIpc) is 2.46. The fourth-order valence-electron chi connectivity index (χ4n) is 1.98. The van der Waals surface area contributed by atoms with Gasteiger partial charge in [0.1, 0.15) is 11.2 Å². The number of rotatable bonds is 1. The van der Waals surface area contributed by atoms with Gasteiger partial charge in [0.15, 0.2) is 23.1 Å². The lowest BCUT2D eigenvalue weighted by molar-refractivity contribution is 0.449. The topological polar surface area (TPSA) is 51.6 Å². The summed E-state index contributed by atoms with van der Waals surface area (Å²) in [6.07, 6.45) is 0. The highest BCUT2D eigenvalue weighted by atomic mass is 35.5. The van der Waals surface area contributed by atoms with E-state index in [9.17, 15) is 13.2 Å². The molecular formula is C14H8ClF3N4. The molecule has 0 spiro atoms. The Kier molecular flexibility index (Phi) is 3.44. The van der Waals surface area contributed by atoms with Crippen LogP contribution in [0.15, 0.2) is 12.1 Å². The zero-order valence-corrected chi connectivity index (χ0v) is 12.2. The molecule has 2 aromatic heterocycles. The molecule has 0 aliphatic carbocycles. The van der Waals surface area contributed by atoms with Crippen LogP contribution in [0.2, 0.25) is 5.28 Å². The van der Waals surface area contributed by atoms with Crippen LogP contribution in [0.25, 0.3) is 22.4 Å². The van der Waals surface area contributed by atoms with E-state index in [1.165, 1.54) is 0 Å². The van der Waals surface area contributed by atoms with Gasteiger partial charge in [-0.3, -0.25) is 0 Å². The number of hydrogen-bond donors (Lipinski definition) is 0. The minimum atomic E-state index is -1.59. The Balaban J connectivity index is 2.40. The zero-order valence-electron chi connectivity index (χ0n) is 11.5. The van der Waals surface area contributed by atoms with E-state index in [2.05, 4.69) is 19.9 Å². The maximum absolute atomic E-state index is 14.0. The fourth-order valence-corrected chi connectivity index (χ4v) is 2.15. The van der Waals surface area contributed by atoms with Crippen LogP contribution in [0.3, 0.4) is 0 Å². The second kappa shape index (κ2) is 5.17. The van der Waals surface area contributed by atoms with Crippen molar-refractivity contribution < 1.29 is 13.2 Å². The molecule has 0 aliphatic heterocycles. The molecule has 0 aliphatic rings. The van der Waals surface area contributed by atoms with E-state index in [0.717, 1.165) is 12.1 Å². The Labute approximate surface area is 128 Å². The lowest BCUT2D eigenvalue weighted by Crippen LogP contribution is -2.02. The van der Waals surface area contributed by atoms with E-state index in [1.54, 1.807) is 13.8 Å². The van der Waals surface area contributed by atoms with Crippen molar-refractivity contribution in [2.24, 2.45) is 0 Å². The SMILES string of the molecule is Cc1nc2nc(Cl)nc(-c3ccc(F)c(F)c3F)c2nc1C. The third-order valence-corrected chi connectivity index (χ3v) is 3.37. The predicted molar refractivity (Wildman–Crippen MR) is 74.9 cm³/mol. The van der Waals surface area contributed by atoms with Gasteiger partial charge in [0.25, 0.3) is 0 Å². The van der Waals surface area contributed by atoms with Gasteiger partial charge in [-0.25, -0.2) is 28.1 Å². The van der Waals surface area contributed by atoms with Gasteiger partial charge in [-0.05, 0) is 37.6 Å². The van der Waals surface area contributed by atoms with Crippen molar-refractivity contribution in [3.05, 3.63) is 46.3 Å². The van der Waals surface area contributed by atoms with Crippen LogP contribution >= 0.6 is 11.6 Å².